The summed E-state index contributed by atoms with van der Waals surface area (Å²) in [7, 11) is -2.23. The minimum absolute atomic E-state index is 0.0565. The predicted octanol–water partition coefficient (Wildman–Crippen LogP) is 2.08. The Balaban J connectivity index is 2.05. The van der Waals surface area contributed by atoms with Crippen LogP contribution in [-0.4, -0.2) is 41.7 Å². The number of anilines is 1. The second-order valence-corrected chi connectivity index (χ2v) is 7.48. The van der Waals surface area contributed by atoms with Gasteiger partial charge in [-0.2, -0.15) is 0 Å². The van der Waals surface area contributed by atoms with E-state index in [1.807, 2.05) is 0 Å². The molecule has 1 heterocycles. The summed E-state index contributed by atoms with van der Waals surface area (Å²) in [5.41, 5.74) is 0.733. The number of nitrogens with one attached hydrogen (secondary N) is 1. The Morgan fingerprint density at radius 3 is 2.46 bits per heavy atom. The van der Waals surface area contributed by atoms with E-state index < -0.39 is 15.7 Å². The summed E-state index contributed by atoms with van der Waals surface area (Å²) < 4.78 is 44.3. The van der Waals surface area contributed by atoms with Crippen LogP contribution in [-0.2, 0) is 9.84 Å². The molecule has 128 valence electrons. The van der Waals surface area contributed by atoms with Crippen LogP contribution in [0.1, 0.15) is 0 Å². The summed E-state index contributed by atoms with van der Waals surface area (Å²) in [6.07, 6.45) is 0. The summed E-state index contributed by atoms with van der Waals surface area (Å²) >= 11 is 0. The summed E-state index contributed by atoms with van der Waals surface area (Å²) in [6, 6.07) is 9.78. The summed E-state index contributed by atoms with van der Waals surface area (Å²) in [4.78, 5) is 2.15. The summed E-state index contributed by atoms with van der Waals surface area (Å²) in [5.74, 6) is 0.0435. The maximum atomic E-state index is 13.4. The first-order valence-corrected chi connectivity index (χ1v) is 9.15. The highest BCUT2D eigenvalue weighted by Crippen LogP contribution is 2.33. The van der Waals surface area contributed by atoms with E-state index in [4.69, 9.17) is 4.74 Å². The zero-order valence-electron chi connectivity index (χ0n) is 13.3. The molecule has 2 aromatic carbocycles. The van der Waals surface area contributed by atoms with Crippen molar-refractivity contribution in [2.24, 2.45) is 0 Å². The monoisotopic (exact) mass is 350 g/mol. The fraction of sp³-hybridized carbons (Fsp3) is 0.294. The highest BCUT2D eigenvalue weighted by atomic mass is 32.2. The molecule has 0 aromatic heterocycles. The number of rotatable bonds is 4. The fourth-order valence-corrected chi connectivity index (χ4v) is 4.07. The Kier molecular flexibility index (Phi) is 4.73. The van der Waals surface area contributed by atoms with Gasteiger partial charge in [0.1, 0.15) is 11.6 Å². The molecule has 2 aromatic rings. The van der Waals surface area contributed by atoms with Crippen LogP contribution >= 0.6 is 0 Å². The smallest absolute Gasteiger partial charge is 0.206 e. The van der Waals surface area contributed by atoms with Crippen LogP contribution in [0, 0.1) is 5.82 Å². The normalized spacial score (nSPS) is 15.3. The van der Waals surface area contributed by atoms with Crippen molar-refractivity contribution in [3.63, 3.8) is 0 Å². The summed E-state index contributed by atoms with van der Waals surface area (Å²) in [6.45, 7) is 3.17. The van der Waals surface area contributed by atoms with E-state index in [-0.39, 0.29) is 9.79 Å². The van der Waals surface area contributed by atoms with Gasteiger partial charge < -0.3 is 15.0 Å². The molecule has 0 radical (unpaired) electrons. The van der Waals surface area contributed by atoms with Crippen molar-refractivity contribution in [2.45, 2.75) is 9.79 Å². The van der Waals surface area contributed by atoms with E-state index in [0.717, 1.165) is 37.9 Å². The van der Waals surface area contributed by atoms with Crippen LogP contribution in [0.25, 0.3) is 0 Å². The molecule has 3 rings (SSSR count). The second-order valence-electron chi connectivity index (χ2n) is 5.53. The topological polar surface area (TPSA) is 58.6 Å². The molecule has 1 N–H and O–H groups in total. The van der Waals surface area contributed by atoms with Crippen LogP contribution in [0.3, 0.4) is 0 Å². The van der Waals surface area contributed by atoms with Gasteiger partial charge in [0.05, 0.1) is 22.6 Å². The Labute approximate surface area is 141 Å². The molecule has 1 fully saturated rings. The van der Waals surface area contributed by atoms with Gasteiger partial charge in [-0.05, 0) is 36.4 Å². The fourth-order valence-electron chi connectivity index (χ4n) is 2.76. The standard InChI is InChI=1S/C17H19FN2O3S/c1-23-17-6-5-15(12-16(17)20-9-7-19-8-10-20)24(21,22)14-4-2-3-13(18)11-14/h2-6,11-12,19H,7-10H2,1H3. The molecule has 1 aliphatic rings. The van der Waals surface area contributed by atoms with E-state index in [1.54, 1.807) is 19.2 Å². The quantitative estimate of drug-likeness (QED) is 0.915. The molecule has 0 aliphatic carbocycles. The molecular weight excluding hydrogens is 331 g/mol. The van der Waals surface area contributed by atoms with Crippen molar-refractivity contribution in [3.05, 3.63) is 48.3 Å². The number of benzene rings is 2. The maximum Gasteiger partial charge on any atom is 0.206 e. The molecule has 24 heavy (non-hydrogen) atoms. The minimum Gasteiger partial charge on any atom is -0.495 e. The Bertz CT molecular complexity index is 833. The number of hydrogen-bond acceptors (Lipinski definition) is 5. The van der Waals surface area contributed by atoms with Crippen molar-refractivity contribution < 1.29 is 17.5 Å². The molecule has 0 spiro atoms. The molecule has 0 unspecified atom stereocenters. The van der Waals surface area contributed by atoms with Crippen molar-refractivity contribution in [2.75, 3.05) is 38.2 Å². The predicted molar refractivity (Wildman–Crippen MR) is 89.9 cm³/mol. The zero-order valence-corrected chi connectivity index (χ0v) is 14.1. The van der Waals surface area contributed by atoms with Crippen LogP contribution in [0.2, 0.25) is 0 Å². The number of halogens is 1. The molecule has 0 atom stereocenters. The zero-order chi connectivity index (χ0) is 17.2. The third-order valence-corrected chi connectivity index (χ3v) is 5.77. The first kappa shape index (κ1) is 16.7. The average molecular weight is 350 g/mol. The van der Waals surface area contributed by atoms with Gasteiger partial charge in [0.2, 0.25) is 9.84 Å². The lowest BCUT2D eigenvalue weighted by Gasteiger charge is -2.30. The van der Waals surface area contributed by atoms with Crippen molar-refractivity contribution >= 4 is 15.5 Å². The summed E-state index contributed by atoms with van der Waals surface area (Å²) in [5, 5.41) is 3.26. The van der Waals surface area contributed by atoms with Crippen molar-refractivity contribution in [1.29, 1.82) is 0 Å². The highest BCUT2D eigenvalue weighted by Gasteiger charge is 2.22. The van der Waals surface area contributed by atoms with Crippen LogP contribution in [0.5, 0.6) is 5.75 Å². The molecule has 1 aliphatic heterocycles. The first-order valence-electron chi connectivity index (χ1n) is 7.67. The van der Waals surface area contributed by atoms with E-state index in [9.17, 15) is 12.8 Å². The average Bonchev–Trinajstić information content (AvgIpc) is 2.62. The van der Waals surface area contributed by atoms with Gasteiger partial charge in [0.15, 0.2) is 0 Å². The van der Waals surface area contributed by atoms with Crippen LogP contribution < -0.4 is 15.0 Å². The van der Waals surface area contributed by atoms with Gasteiger partial charge in [0, 0.05) is 26.2 Å². The Morgan fingerprint density at radius 2 is 1.79 bits per heavy atom. The lowest BCUT2D eigenvalue weighted by molar-refractivity contribution is 0.412. The Hall–Kier alpha value is -2.12. The SMILES string of the molecule is COc1ccc(S(=O)(=O)c2cccc(F)c2)cc1N1CCNCC1. The van der Waals surface area contributed by atoms with Gasteiger partial charge in [-0.1, -0.05) is 6.07 Å². The Morgan fingerprint density at radius 1 is 1.08 bits per heavy atom. The molecular formula is C17H19FN2O3S. The number of hydrogen-bond donors (Lipinski definition) is 1. The van der Waals surface area contributed by atoms with Gasteiger partial charge in [-0.25, -0.2) is 12.8 Å². The third-order valence-electron chi connectivity index (χ3n) is 4.02. The highest BCUT2D eigenvalue weighted by molar-refractivity contribution is 7.91. The van der Waals surface area contributed by atoms with E-state index >= 15 is 0 Å². The number of methoxy groups -OCH3 is 1. The van der Waals surface area contributed by atoms with E-state index in [2.05, 4.69) is 10.2 Å². The first-order chi connectivity index (χ1) is 11.5. The molecule has 0 amide bonds. The number of ether oxygens (including phenoxy) is 1. The van der Waals surface area contributed by atoms with Crippen molar-refractivity contribution in [3.8, 4) is 5.75 Å². The van der Waals surface area contributed by atoms with E-state index in [1.165, 1.54) is 24.3 Å². The molecule has 5 nitrogen and oxygen atoms in total. The van der Waals surface area contributed by atoms with Gasteiger partial charge in [0.25, 0.3) is 0 Å². The van der Waals surface area contributed by atoms with Crippen molar-refractivity contribution in [1.82, 2.24) is 5.32 Å². The number of sulfone groups is 1. The van der Waals surface area contributed by atoms with Crippen LogP contribution in [0.15, 0.2) is 52.3 Å². The largest absolute Gasteiger partial charge is 0.495 e. The number of nitrogens with zero attached hydrogens (tertiary/aromatic N) is 1. The van der Waals surface area contributed by atoms with E-state index in [0.29, 0.717) is 5.75 Å². The number of piperazine rings is 1. The molecule has 1 saturated heterocycles. The molecule has 7 heteroatoms. The van der Waals surface area contributed by atoms with Gasteiger partial charge in [-0.3, -0.25) is 0 Å². The second kappa shape index (κ2) is 6.78. The molecule has 0 bridgehead atoms. The van der Waals surface area contributed by atoms with Gasteiger partial charge in [-0.15, -0.1) is 0 Å². The lowest BCUT2D eigenvalue weighted by Crippen LogP contribution is -2.43. The van der Waals surface area contributed by atoms with Crippen LogP contribution in [0.4, 0.5) is 10.1 Å². The lowest BCUT2D eigenvalue weighted by atomic mass is 10.2. The third kappa shape index (κ3) is 3.22. The minimum atomic E-state index is -3.79. The maximum absolute atomic E-state index is 13.4. The molecule has 0 saturated carbocycles. The van der Waals surface area contributed by atoms with Gasteiger partial charge >= 0.3 is 0 Å².